The molecule has 0 saturated carbocycles. The fourth-order valence-corrected chi connectivity index (χ4v) is 9.82. The van der Waals surface area contributed by atoms with Crippen LogP contribution in [0.5, 0.6) is 0 Å². The first-order chi connectivity index (χ1) is 33.5. The Hall–Kier alpha value is -1.21. The number of carbonyl (C=O) groups is 1. The highest BCUT2D eigenvalue weighted by atomic mass is 16.3. The molecule has 0 aliphatic heterocycles. The second-order valence-corrected chi connectivity index (χ2v) is 21.4. The highest BCUT2D eigenvalue weighted by molar-refractivity contribution is 5.80. The molecule has 0 radical (unpaired) electrons. The number of nitrogens with one attached hydrogen (secondary N) is 1. The van der Waals surface area contributed by atoms with E-state index in [1.807, 2.05) is 0 Å². The third-order valence-corrected chi connectivity index (χ3v) is 14.6. The molecule has 0 bridgehead atoms. The maximum absolute atomic E-state index is 12.6. The standard InChI is InChI=1S/C62H121NO5/c1-3-5-7-9-11-13-15-17-19-21-23-25-26-27-28-29-30-31-32-33-34-36-37-39-41-43-45-47-49-51-53-55-59(65)61(67)58(57-64)63-62(68)60(66)56-54-52-50-48-46-44-42-40-38-35-24-22-20-18-16-14-12-10-8-6-4-2/h38,40,47,49,58-61,64-67H,3-37,39,41-46,48,50-57H2,1-2H3,(H,63,68)/b40-38-,49-47+. The van der Waals surface area contributed by atoms with Crippen molar-refractivity contribution in [3.8, 4) is 0 Å². The molecule has 0 aliphatic rings. The summed E-state index contributed by atoms with van der Waals surface area (Å²) >= 11 is 0. The van der Waals surface area contributed by atoms with Gasteiger partial charge in [-0.1, -0.05) is 295 Å². The second kappa shape index (κ2) is 56.7. The smallest absolute Gasteiger partial charge is 0.249 e. The van der Waals surface area contributed by atoms with Gasteiger partial charge in [-0.15, -0.1) is 0 Å². The van der Waals surface area contributed by atoms with Crippen LogP contribution >= 0.6 is 0 Å². The van der Waals surface area contributed by atoms with Crippen LogP contribution in [0.25, 0.3) is 0 Å². The van der Waals surface area contributed by atoms with Crippen LogP contribution in [0.2, 0.25) is 0 Å². The van der Waals surface area contributed by atoms with Gasteiger partial charge in [0.15, 0.2) is 0 Å². The summed E-state index contributed by atoms with van der Waals surface area (Å²) in [6.45, 7) is 4.08. The van der Waals surface area contributed by atoms with E-state index in [9.17, 15) is 25.2 Å². The number of carbonyl (C=O) groups excluding carboxylic acids is 1. The molecule has 404 valence electrons. The van der Waals surface area contributed by atoms with Crippen molar-refractivity contribution in [2.45, 2.75) is 359 Å². The van der Waals surface area contributed by atoms with Gasteiger partial charge < -0.3 is 25.7 Å². The van der Waals surface area contributed by atoms with Gasteiger partial charge in [-0.3, -0.25) is 4.79 Å². The Labute approximate surface area is 425 Å². The molecule has 6 heteroatoms. The summed E-state index contributed by atoms with van der Waals surface area (Å²) in [6.07, 6.45) is 69.9. The van der Waals surface area contributed by atoms with E-state index >= 15 is 0 Å². The third kappa shape index (κ3) is 49.8. The lowest BCUT2D eigenvalue weighted by molar-refractivity contribution is -0.132. The Kier molecular flexibility index (Phi) is 55.7. The number of aliphatic hydroxyl groups is 4. The van der Waals surface area contributed by atoms with Crippen molar-refractivity contribution >= 4 is 5.91 Å². The third-order valence-electron chi connectivity index (χ3n) is 14.6. The Morgan fingerprint density at radius 3 is 0.882 bits per heavy atom. The van der Waals surface area contributed by atoms with Crippen LogP contribution in [0.4, 0.5) is 0 Å². The monoisotopic (exact) mass is 960 g/mol. The van der Waals surface area contributed by atoms with Crippen LogP contribution < -0.4 is 5.32 Å². The minimum Gasteiger partial charge on any atom is -0.394 e. The quantitative estimate of drug-likeness (QED) is 0.0308. The average molecular weight is 961 g/mol. The van der Waals surface area contributed by atoms with Crippen LogP contribution in [0.3, 0.4) is 0 Å². The Bertz CT molecular complexity index is 1030. The Balaban J connectivity index is 3.60. The zero-order valence-electron chi connectivity index (χ0n) is 45.9. The van der Waals surface area contributed by atoms with E-state index < -0.39 is 36.9 Å². The second-order valence-electron chi connectivity index (χ2n) is 21.4. The van der Waals surface area contributed by atoms with Crippen molar-refractivity contribution < 1.29 is 25.2 Å². The maximum atomic E-state index is 12.6. The highest BCUT2D eigenvalue weighted by Gasteiger charge is 2.28. The van der Waals surface area contributed by atoms with Crippen molar-refractivity contribution in [2.75, 3.05) is 6.61 Å². The molecule has 1 amide bonds. The van der Waals surface area contributed by atoms with Crippen molar-refractivity contribution in [3.63, 3.8) is 0 Å². The minimum absolute atomic E-state index is 0.358. The van der Waals surface area contributed by atoms with Gasteiger partial charge >= 0.3 is 0 Å². The summed E-state index contributed by atoms with van der Waals surface area (Å²) in [5.41, 5.74) is 0. The molecule has 68 heavy (non-hydrogen) atoms. The number of rotatable bonds is 57. The lowest BCUT2D eigenvalue weighted by Gasteiger charge is -2.27. The van der Waals surface area contributed by atoms with Gasteiger partial charge in [-0.05, 0) is 64.2 Å². The van der Waals surface area contributed by atoms with E-state index in [2.05, 4.69) is 43.5 Å². The molecule has 0 heterocycles. The molecule has 0 fully saturated rings. The van der Waals surface area contributed by atoms with Gasteiger partial charge in [0.25, 0.3) is 0 Å². The predicted octanol–water partition coefficient (Wildman–Crippen LogP) is 18.2. The largest absolute Gasteiger partial charge is 0.394 e. The summed E-state index contributed by atoms with van der Waals surface area (Å²) in [6, 6.07) is -1.00. The van der Waals surface area contributed by atoms with E-state index in [-0.39, 0.29) is 0 Å². The van der Waals surface area contributed by atoms with Crippen LogP contribution in [0.15, 0.2) is 24.3 Å². The van der Waals surface area contributed by atoms with Gasteiger partial charge in [0.2, 0.25) is 5.91 Å². The molecule has 0 saturated heterocycles. The van der Waals surface area contributed by atoms with E-state index in [1.165, 1.54) is 263 Å². The molecule has 0 rings (SSSR count). The fourth-order valence-electron chi connectivity index (χ4n) is 9.82. The fraction of sp³-hybridized carbons (Fsp3) is 0.919. The summed E-state index contributed by atoms with van der Waals surface area (Å²) in [5, 5.41) is 44.0. The SMILES string of the molecule is CCCCCCCCCCCCC/C=C\CCCCCCCCC(O)C(=O)NC(CO)C(O)C(O)CCC/C=C/CCCCCCCCCCCCCCCCCCCCCCCCCCCC. The van der Waals surface area contributed by atoms with E-state index in [0.717, 1.165) is 44.9 Å². The molecule has 0 aliphatic carbocycles. The zero-order chi connectivity index (χ0) is 49.5. The number of hydrogen-bond acceptors (Lipinski definition) is 5. The van der Waals surface area contributed by atoms with Gasteiger partial charge in [-0.2, -0.15) is 0 Å². The number of aliphatic hydroxyl groups excluding tert-OH is 4. The average Bonchev–Trinajstić information content (AvgIpc) is 3.34. The van der Waals surface area contributed by atoms with E-state index in [0.29, 0.717) is 12.8 Å². The first kappa shape index (κ1) is 66.8. The first-order valence-electron chi connectivity index (χ1n) is 30.7. The van der Waals surface area contributed by atoms with Crippen LogP contribution in [-0.2, 0) is 4.79 Å². The van der Waals surface area contributed by atoms with Gasteiger partial charge in [0.05, 0.1) is 18.8 Å². The molecular formula is C62H121NO5. The lowest BCUT2D eigenvalue weighted by Crippen LogP contribution is -2.53. The number of allylic oxidation sites excluding steroid dienone is 4. The van der Waals surface area contributed by atoms with Crippen molar-refractivity contribution in [1.82, 2.24) is 5.32 Å². The van der Waals surface area contributed by atoms with Crippen molar-refractivity contribution in [3.05, 3.63) is 24.3 Å². The molecule has 5 N–H and O–H groups in total. The van der Waals surface area contributed by atoms with Gasteiger partial charge in [-0.25, -0.2) is 0 Å². The lowest BCUT2D eigenvalue weighted by atomic mass is 10.00. The molecule has 4 atom stereocenters. The normalized spacial score (nSPS) is 13.8. The van der Waals surface area contributed by atoms with Crippen LogP contribution in [-0.4, -0.2) is 57.3 Å². The molecular weight excluding hydrogens is 839 g/mol. The van der Waals surface area contributed by atoms with Crippen molar-refractivity contribution in [1.29, 1.82) is 0 Å². The predicted molar refractivity (Wildman–Crippen MR) is 298 cm³/mol. The molecule has 4 unspecified atom stereocenters. The van der Waals surface area contributed by atoms with Gasteiger partial charge in [0.1, 0.15) is 12.2 Å². The summed E-state index contributed by atoms with van der Waals surface area (Å²) in [7, 11) is 0. The molecule has 0 aromatic heterocycles. The van der Waals surface area contributed by atoms with Crippen LogP contribution in [0, 0.1) is 0 Å². The number of unbranched alkanes of at least 4 members (excludes halogenated alkanes) is 44. The number of hydrogen-bond donors (Lipinski definition) is 5. The minimum atomic E-state index is -1.28. The summed E-state index contributed by atoms with van der Waals surface area (Å²) in [5.74, 6) is -0.593. The molecule has 0 spiro atoms. The molecule has 6 nitrogen and oxygen atoms in total. The summed E-state index contributed by atoms with van der Waals surface area (Å²) < 4.78 is 0. The van der Waals surface area contributed by atoms with Gasteiger partial charge in [0, 0.05) is 0 Å². The maximum Gasteiger partial charge on any atom is 0.249 e. The topological polar surface area (TPSA) is 110 Å². The van der Waals surface area contributed by atoms with Crippen molar-refractivity contribution in [2.24, 2.45) is 0 Å². The molecule has 0 aromatic rings. The first-order valence-corrected chi connectivity index (χ1v) is 30.7. The Morgan fingerprint density at radius 1 is 0.353 bits per heavy atom. The Morgan fingerprint density at radius 2 is 0.603 bits per heavy atom. The van der Waals surface area contributed by atoms with E-state index in [1.54, 1.807) is 0 Å². The van der Waals surface area contributed by atoms with E-state index in [4.69, 9.17) is 0 Å². The highest BCUT2D eigenvalue weighted by Crippen LogP contribution is 2.18. The van der Waals surface area contributed by atoms with Crippen LogP contribution in [0.1, 0.15) is 335 Å². The number of amides is 1. The zero-order valence-corrected chi connectivity index (χ0v) is 45.9. The summed E-state index contributed by atoms with van der Waals surface area (Å²) in [4.78, 5) is 12.6. The molecule has 0 aromatic carbocycles.